The maximum absolute atomic E-state index is 13.1. The van der Waals surface area contributed by atoms with Gasteiger partial charge in [-0.2, -0.15) is 0 Å². The zero-order chi connectivity index (χ0) is 11.2. The molecule has 16 heavy (non-hydrogen) atoms. The van der Waals surface area contributed by atoms with E-state index < -0.39 is 0 Å². The Morgan fingerprint density at radius 2 is 2.19 bits per heavy atom. The van der Waals surface area contributed by atoms with E-state index in [9.17, 15) is 4.39 Å². The molecule has 0 atom stereocenters. The lowest BCUT2D eigenvalue weighted by Gasteiger charge is -2.06. The van der Waals surface area contributed by atoms with E-state index in [-0.39, 0.29) is 11.4 Å². The molecular formula is C13H15FN2. The Morgan fingerprint density at radius 3 is 2.94 bits per heavy atom. The number of hydrogen-bond acceptors (Lipinski definition) is 1. The maximum Gasteiger partial charge on any atom is 0.123 e. The summed E-state index contributed by atoms with van der Waals surface area (Å²) in [7, 11) is 0. The van der Waals surface area contributed by atoms with Crippen molar-refractivity contribution in [3.63, 3.8) is 0 Å². The largest absolute Gasteiger partial charge is 0.361 e. The summed E-state index contributed by atoms with van der Waals surface area (Å²) < 4.78 is 13.1. The fourth-order valence-corrected chi connectivity index (χ4v) is 2.15. The first-order valence-corrected chi connectivity index (χ1v) is 5.71. The number of nitrogens with two attached hydrogens (primary N) is 1. The Balaban J connectivity index is 1.88. The summed E-state index contributed by atoms with van der Waals surface area (Å²) in [5, 5.41) is 0.990. The van der Waals surface area contributed by atoms with Crippen LogP contribution in [0, 0.1) is 5.82 Å². The SMILES string of the molecule is NC1(CCc2c[nH]c3ccc(F)cc23)CC1. The molecule has 0 bridgehead atoms. The summed E-state index contributed by atoms with van der Waals surface area (Å²) in [6, 6.07) is 4.86. The van der Waals surface area contributed by atoms with Crippen molar-refractivity contribution >= 4 is 10.9 Å². The highest BCUT2D eigenvalue weighted by molar-refractivity contribution is 5.83. The van der Waals surface area contributed by atoms with Crippen molar-refractivity contribution in [1.29, 1.82) is 0 Å². The van der Waals surface area contributed by atoms with Gasteiger partial charge < -0.3 is 10.7 Å². The molecular weight excluding hydrogens is 203 g/mol. The lowest BCUT2D eigenvalue weighted by atomic mass is 10.0. The second-order valence-electron chi connectivity index (χ2n) is 4.87. The van der Waals surface area contributed by atoms with Crippen molar-refractivity contribution in [3.8, 4) is 0 Å². The number of halogens is 1. The van der Waals surface area contributed by atoms with Crippen molar-refractivity contribution < 1.29 is 4.39 Å². The maximum atomic E-state index is 13.1. The third-order valence-electron chi connectivity index (χ3n) is 3.51. The van der Waals surface area contributed by atoms with Crippen LogP contribution in [0.2, 0.25) is 0 Å². The predicted molar refractivity (Wildman–Crippen MR) is 62.7 cm³/mol. The number of H-pyrrole nitrogens is 1. The van der Waals surface area contributed by atoms with Gasteiger partial charge in [0.2, 0.25) is 0 Å². The molecule has 0 aliphatic heterocycles. The Kier molecular flexibility index (Phi) is 2.04. The van der Waals surface area contributed by atoms with Crippen molar-refractivity contribution in [2.45, 2.75) is 31.2 Å². The second-order valence-corrected chi connectivity index (χ2v) is 4.87. The molecule has 1 aliphatic carbocycles. The van der Waals surface area contributed by atoms with Crippen LogP contribution in [-0.2, 0) is 6.42 Å². The van der Waals surface area contributed by atoms with Gasteiger partial charge in [-0.25, -0.2) is 4.39 Å². The minimum absolute atomic E-state index is 0.0664. The highest BCUT2D eigenvalue weighted by Gasteiger charge is 2.37. The van der Waals surface area contributed by atoms with E-state index in [1.54, 1.807) is 12.1 Å². The number of nitrogens with one attached hydrogen (secondary N) is 1. The summed E-state index contributed by atoms with van der Waals surface area (Å²) in [5.74, 6) is -0.178. The molecule has 0 radical (unpaired) electrons. The van der Waals surface area contributed by atoms with Crippen LogP contribution in [0.5, 0.6) is 0 Å². The zero-order valence-corrected chi connectivity index (χ0v) is 9.09. The fraction of sp³-hybridized carbons (Fsp3) is 0.385. The van der Waals surface area contributed by atoms with Gasteiger partial charge in [0, 0.05) is 22.6 Å². The Bertz CT molecular complexity index is 526. The van der Waals surface area contributed by atoms with E-state index in [4.69, 9.17) is 5.73 Å². The number of fused-ring (bicyclic) bond motifs is 1. The number of hydrogen-bond donors (Lipinski definition) is 2. The van der Waals surface area contributed by atoms with Crippen LogP contribution in [0.15, 0.2) is 24.4 Å². The van der Waals surface area contributed by atoms with Crippen LogP contribution in [0.3, 0.4) is 0 Å². The van der Waals surface area contributed by atoms with Gasteiger partial charge >= 0.3 is 0 Å². The molecule has 2 aromatic rings. The summed E-state index contributed by atoms with van der Waals surface area (Å²) >= 11 is 0. The van der Waals surface area contributed by atoms with Gasteiger partial charge in [-0.15, -0.1) is 0 Å². The van der Waals surface area contributed by atoms with Gasteiger partial charge in [0.15, 0.2) is 0 Å². The van der Waals surface area contributed by atoms with Crippen LogP contribution < -0.4 is 5.73 Å². The third kappa shape index (κ3) is 1.71. The van der Waals surface area contributed by atoms with E-state index in [0.717, 1.165) is 36.6 Å². The first-order chi connectivity index (χ1) is 7.66. The summed E-state index contributed by atoms with van der Waals surface area (Å²) in [4.78, 5) is 3.16. The standard InChI is InChI=1S/C13H15FN2/c14-10-1-2-12-11(7-10)9(8-16-12)3-4-13(15)5-6-13/h1-2,7-8,16H,3-6,15H2. The minimum atomic E-state index is -0.178. The van der Waals surface area contributed by atoms with Gasteiger partial charge in [0.25, 0.3) is 0 Å². The lowest BCUT2D eigenvalue weighted by Crippen LogP contribution is -2.21. The van der Waals surface area contributed by atoms with E-state index in [0.29, 0.717) is 0 Å². The monoisotopic (exact) mass is 218 g/mol. The first kappa shape index (κ1) is 9.85. The van der Waals surface area contributed by atoms with E-state index in [1.165, 1.54) is 11.6 Å². The van der Waals surface area contributed by atoms with Gasteiger partial charge in [-0.3, -0.25) is 0 Å². The third-order valence-corrected chi connectivity index (χ3v) is 3.51. The first-order valence-electron chi connectivity index (χ1n) is 5.71. The molecule has 1 aromatic heterocycles. The molecule has 3 N–H and O–H groups in total. The normalized spacial score (nSPS) is 17.9. The second kappa shape index (κ2) is 3.32. The molecule has 3 heteroatoms. The van der Waals surface area contributed by atoms with Gasteiger partial charge in [0.05, 0.1) is 0 Å². The van der Waals surface area contributed by atoms with Crippen molar-refractivity contribution in [2.24, 2.45) is 5.73 Å². The Labute approximate surface area is 93.6 Å². The summed E-state index contributed by atoms with van der Waals surface area (Å²) in [5.41, 5.74) is 8.29. The smallest absolute Gasteiger partial charge is 0.123 e. The van der Waals surface area contributed by atoms with E-state index in [2.05, 4.69) is 4.98 Å². The molecule has 1 saturated carbocycles. The number of aromatic nitrogens is 1. The van der Waals surface area contributed by atoms with Gasteiger partial charge in [0.1, 0.15) is 5.82 Å². The molecule has 1 aliphatic rings. The average molecular weight is 218 g/mol. The van der Waals surface area contributed by atoms with E-state index in [1.807, 2.05) is 6.20 Å². The van der Waals surface area contributed by atoms with Crippen LogP contribution in [0.4, 0.5) is 4.39 Å². The number of aromatic amines is 1. The van der Waals surface area contributed by atoms with Crippen LogP contribution in [0.25, 0.3) is 10.9 Å². The van der Waals surface area contributed by atoms with Gasteiger partial charge in [-0.1, -0.05) is 0 Å². The number of rotatable bonds is 3. The van der Waals surface area contributed by atoms with Crippen molar-refractivity contribution in [3.05, 3.63) is 35.8 Å². The highest BCUT2D eigenvalue weighted by atomic mass is 19.1. The molecule has 1 aromatic carbocycles. The van der Waals surface area contributed by atoms with Gasteiger partial charge in [-0.05, 0) is 49.4 Å². The van der Waals surface area contributed by atoms with Crippen LogP contribution in [-0.4, -0.2) is 10.5 Å². The molecule has 1 fully saturated rings. The quantitative estimate of drug-likeness (QED) is 0.817. The van der Waals surface area contributed by atoms with Crippen LogP contribution in [0.1, 0.15) is 24.8 Å². The lowest BCUT2D eigenvalue weighted by molar-refractivity contribution is 0.610. The van der Waals surface area contributed by atoms with Crippen LogP contribution >= 0.6 is 0 Å². The Hall–Kier alpha value is -1.35. The molecule has 84 valence electrons. The molecule has 3 rings (SSSR count). The number of aryl methyl sites for hydroxylation is 1. The predicted octanol–water partition coefficient (Wildman–Crippen LogP) is 2.73. The summed E-state index contributed by atoms with van der Waals surface area (Å²) in [6.45, 7) is 0. The zero-order valence-electron chi connectivity index (χ0n) is 9.09. The average Bonchev–Trinajstić information content (AvgIpc) is 2.87. The van der Waals surface area contributed by atoms with Crippen molar-refractivity contribution in [2.75, 3.05) is 0 Å². The molecule has 0 unspecified atom stereocenters. The van der Waals surface area contributed by atoms with E-state index >= 15 is 0 Å². The summed E-state index contributed by atoms with van der Waals surface area (Å²) in [6.07, 6.45) is 6.15. The molecule has 1 heterocycles. The van der Waals surface area contributed by atoms with Crippen molar-refractivity contribution in [1.82, 2.24) is 4.98 Å². The topological polar surface area (TPSA) is 41.8 Å². The molecule has 0 saturated heterocycles. The fourth-order valence-electron chi connectivity index (χ4n) is 2.15. The minimum Gasteiger partial charge on any atom is -0.361 e. The molecule has 2 nitrogen and oxygen atoms in total. The Morgan fingerprint density at radius 1 is 1.38 bits per heavy atom. The molecule has 0 spiro atoms. The number of benzene rings is 1. The molecule has 0 amide bonds. The highest BCUT2D eigenvalue weighted by Crippen LogP contribution is 2.37.